The molecule has 0 saturated carbocycles. The highest BCUT2D eigenvalue weighted by molar-refractivity contribution is 7.80. The van der Waals surface area contributed by atoms with Crippen LogP contribution in [0.1, 0.15) is 18.1 Å². The van der Waals surface area contributed by atoms with Gasteiger partial charge in [-0.3, -0.25) is 0 Å². The highest BCUT2D eigenvalue weighted by Crippen LogP contribution is 2.28. The summed E-state index contributed by atoms with van der Waals surface area (Å²) in [6.07, 6.45) is 0.749. The zero-order chi connectivity index (χ0) is 12.3. The van der Waals surface area contributed by atoms with Gasteiger partial charge in [0.05, 0.1) is 12.1 Å². The van der Waals surface area contributed by atoms with Crippen molar-refractivity contribution in [3.8, 4) is 5.75 Å². The lowest BCUT2D eigenvalue weighted by Crippen LogP contribution is -2.20. The second-order valence-corrected chi connectivity index (χ2v) is 4.80. The number of aryl methyl sites for hydroxylation is 1. The summed E-state index contributed by atoms with van der Waals surface area (Å²) in [4.78, 5) is 0.513. The molecule has 0 amide bonds. The van der Waals surface area contributed by atoms with E-state index in [1.54, 1.807) is 7.11 Å². The van der Waals surface area contributed by atoms with Crippen LogP contribution in [0, 0.1) is 12.8 Å². The molecule has 0 bridgehead atoms. The molecule has 0 heterocycles. The molecule has 16 heavy (non-hydrogen) atoms. The van der Waals surface area contributed by atoms with Crippen LogP contribution >= 0.6 is 23.8 Å². The first-order valence-electron chi connectivity index (χ1n) is 5.08. The molecule has 1 unspecified atom stereocenters. The molecule has 0 aliphatic rings. The van der Waals surface area contributed by atoms with Gasteiger partial charge in [0, 0.05) is 10.9 Å². The number of methoxy groups -OCH3 is 1. The maximum atomic E-state index is 6.09. The van der Waals surface area contributed by atoms with Crippen LogP contribution in [-0.4, -0.2) is 12.1 Å². The van der Waals surface area contributed by atoms with Gasteiger partial charge in [0.2, 0.25) is 0 Å². The Kier molecular flexibility index (Phi) is 4.56. The zero-order valence-electron chi connectivity index (χ0n) is 9.71. The Labute approximate surface area is 107 Å². The number of nitrogens with two attached hydrogens (primary N) is 1. The highest BCUT2D eigenvalue weighted by Gasteiger charge is 2.12. The van der Waals surface area contributed by atoms with Crippen LogP contribution in [0.5, 0.6) is 5.75 Å². The predicted octanol–water partition coefficient (Wildman–Crippen LogP) is 3.12. The molecule has 0 radical (unpaired) electrons. The van der Waals surface area contributed by atoms with Gasteiger partial charge in [-0.15, -0.1) is 0 Å². The van der Waals surface area contributed by atoms with Crippen LogP contribution in [0.3, 0.4) is 0 Å². The topological polar surface area (TPSA) is 35.2 Å². The van der Waals surface area contributed by atoms with E-state index in [9.17, 15) is 0 Å². The van der Waals surface area contributed by atoms with Crippen LogP contribution in [-0.2, 0) is 6.42 Å². The van der Waals surface area contributed by atoms with Crippen molar-refractivity contribution in [2.75, 3.05) is 7.11 Å². The largest absolute Gasteiger partial charge is 0.496 e. The molecule has 4 heteroatoms. The third-order valence-corrected chi connectivity index (χ3v) is 3.38. The predicted molar refractivity (Wildman–Crippen MR) is 72.4 cm³/mol. The zero-order valence-corrected chi connectivity index (χ0v) is 11.3. The third-order valence-electron chi connectivity index (χ3n) is 2.57. The first-order chi connectivity index (χ1) is 7.45. The van der Waals surface area contributed by atoms with Gasteiger partial charge >= 0.3 is 0 Å². The number of halogens is 1. The summed E-state index contributed by atoms with van der Waals surface area (Å²) in [7, 11) is 1.65. The van der Waals surface area contributed by atoms with Crippen LogP contribution in [0.15, 0.2) is 12.1 Å². The summed E-state index contributed by atoms with van der Waals surface area (Å²) in [5, 5.41) is 0.742. The van der Waals surface area contributed by atoms with Crippen molar-refractivity contribution in [2.24, 2.45) is 11.7 Å². The molecule has 2 nitrogen and oxygen atoms in total. The van der Waals surface area contributed by atoms with E-state index in [-0.39, 0.29) is 5.92 Å². The Morgan fingerprint density at radius 1 is 1.56 bits per heavy atom. The number of rotatable bonds is 4. The molecule has 0 spiro atoms. The molecule has 0 aliphatic carbocycles. The van der Waals surface area contributed by atoms with Crippen LogP contribution in [0.4, 0.5) is 0 Å². The van der Waals surface area contributed by atoms with Gasteiger partial charge in [0.1, 0.15) is 5.75 Å². The van der Waals surface area contributed by atoms with Crippen LogP contribution < -0.4 is 10.5 Å². The van der Waals surface area contributed by atoms with Crippen molar-refractivity contribution >= 4 is 28.8 Å². The van der Waals surface area contributed by atoms with Gasteiger partial charge in [-0.1, -0.05) is 30.7 Å². The third kappa shape index (κ3) is 3.09. The molecule has 1 rings (SSSR count). The lowest BCUT2D eigenvalue weighted by atomic mass is 9.99. The summed E-state index contributed by atoms with van der Waals surface area (Å²) in [5.74, 6) is 0.979. The van der Waals surface area contributed by atoms with Crippen molar-refractivity contribution in [1.29, 1.82) is 0 Å². The smallest absolute Gasteiger partial charge is 0.122 e. The van der Waals surface area contributed by atoms with E-state index in [4.69, 9.17) is 34.3 Å². The van der Waals surface area contributed by atoms with Crippen molar-refractivity contribution < 1.29 is 4.74 Å². The van der Waals surface area contributed by atoms with Crippen LogP contribution in [0.25, 0.3) is 0 Å². The second-order valence-electron chi connectivity index (χ2n) is 3.92. The lowest BCUT2D eigenvalue weighted by Gasteiger charge is -2.14. The molecule has 2 N–H and O–H groups in total. The van der Waals surface area contributed by atoms with E-state index >= 15 is 0 Å². The number of benzene rings is 1. The second kappa shape index (κ2) is 5.51. The minimum absolute atomic E-state index is 0.141. The van der Waals surface area contributed by atoms with Gasteiger partial charge in [0.25, 0.3) is 0 Å². The van der Waals surface area contributed by atoms with E-state index in [2.05, 4.69) is 0 Å². The lowest BCUT2D eigenvalue weighted by molar-refractivity contribution is 0.408. The summed E-state index contributed by atoms with van der Waals surface area (Å²) in [5.41, 5.74) is 7.65. The van der Waals surface area contributed by atoms with Gasteiger partial charge in [-0.05, 0) is 36.6 Å². The molecule has 88 valence electrons. The van der Waals surface area contributed by atoms with Gasteiger partial charge < -0.3 is 10.5 Å². The first-order valence-corrected chi connectivity index (χ1v) is 5.86. The van der Waals surface area contributed by atoms with E-state index in [1.165, 1.54) is 0 Å². The Bertz CT molecular complexity index is 406. The van der Waals surface area contributed by atoms with E-state index in [0.29, 0.717) is 4.99 Å². The Morgan fingerprint density at radius 2 is 2.19 bits per heavy atom. The van der Waals surface area contributed by atoms with Crippen molar-refractivity contribution in [2.45, 2.75) is 20.3 Å². The maximum Gasteiger partial charge on any atom is 0.122 e. The quantitative estimate of drug-likeness (QED) is 0.842. The Morgan fingerprint density at radius 3 is 2.69 bits per heavy atom. The molecule has 0 fully saturated rings. The fraction of sp³-hybridized carbons (Fsp3) is 0.417. The average Bonchev–Trinajstić information content (AvgIpc) is 2.22. The molecule has 1 atom stereocenters. The molecular weight excluding hydrogens is 242 g/mol. The molecule has 0 aliphatic heterocycles. The van der Waals surface area contributed by atoms with Crippen molar-refractivity contribution in [3.05, 3.63) is 28.3 Å². The number of thiocarbonyl (C=S) groups is 1. The monoisotopic (exact) mass is 257 g/mol. The standard InChI is InChI=1S/C12H16ClNOS/c1-7-5-11(15-3)9(6-10(7)13)4-8(2)12(14)16/h5-6,8H,4H2,1-3H3,(H2,14,16). The maximum absolute atomic E-state index is 6.09. The van der Waals surface area contributed by atoms with Gasteiger partial charge in [-0.25, -0.2) is 0 Å². The summed E-state index contributed by atoms with van der Waals surface area (Å²) in [6, 6.07) is 3.86. The van der Waals surface area contributed by atoms with E-state index in [1.807, 2.05) is 26.0 Å². The highest BCUT2D eigenvalue weighted by atomic mass is 35.5. The fourth-order valence-electron chi connectivity index (χ4n) is 1.48. The molecular formula is C12H16ClNOS. The minimum Gasteiger partial charge on any atom is -0.496 e. The SMILES string of the molecule is COc1cc(C)c(Cl)cc1CC(C)C(N)=S. The van der Waals surface area contributed by atoms with Crippen molar-refractivity contribution in [1.82, 2.24) is 0 Å². The van der Waals surface area contributed by atoms with Gasteiger partial charge in [-0.2, -0.15) is 0 Å². The molecule has 0 saturated heterocycles. The minimum atomic E-state index is 0.141. The normalized spacial score (nSPS) is 12.2. The average molecular weight is 258 g/mol. The molecule has 1 aromatic carbocycles. The number of ether oxygens (including phenoxy) is 1. The number of hydrogen-bond donors (Lipinski definition) is 1. The molecule has 1 aromatic rings. The molecule has 0 aromatic heterocycles. The Hall–Kier alpha value is -0.800. The van der Waals surface area contributed by atoms with E-state index in [0.717, 1.165) is 28.3 Å². The Balaban J connectivity index is 3.03. The van der Waals surface area contributed by atoms with Crippen LogP contribution in [0.2, 0.25) is 5.02 Å². The summed E-state index contributed by atoms with van der Waals surface area (Å²) < 4.78 is 5.32. The first kappa shape index (κ1) is 13.3. The van der Waals surface area contributed by atoms with Gasteiger partial charge in [0.15, 0.2) is 0 Å². The summed E-state index contributed by atoms with van der Waals surface area (Å²) >= 11 is 11.0. The number of hydrogen-bond acceptors (Lipinski definition) is 2. The van der Waals surface area contributed by atoms with Crippen molar-refractivity contribution in [3.63, 3.8) is 0 Å². The fourth-order valence-corrected chi connectivity index (χ4v) is 1.75. The van der Waals surface area contributed by atoms with E-state index < -0.39 is 0 Å². The summed E-state index contributed by atoms with van der Waals surface area (Å²) in [6.45, 7) is 3.95.